The summed E-state index contributed by atoms with van der Waals surface area (Å²) >= 11 is 5.65. The van der Waals surface area contributed by atoms with Gasteiger partial charge in [-0.3, -0.25) is 9.78 Å². The van der Waals surface area contributed by atoms with Crippen LogP contribution in [0.4, 0.5) is 18.9 Å². The van der Waals surface area contributed by atoms with E-state index in [9.17, 15) is 18.0 Å². The van der Waals surface area contributed by atoms with Gasteiger partial charge in [-0.25, -0.2) is 0 Å². The summed E-state index contributed by atoms with van der Waals surface area (Å²) < 4.78 is 39.4. The van der Waals surface area contributed by atoms with E-state index < -0.39 is 22.7 Å². The van der Waals surface area contributed by atoms with Crippen LogP contribution in [-0.4, -0.2) is 17.9 Å². The molecule has 144 valence electrons. The molecule has 7 heteroatoms. The first-order valence-corrected chi connectivity index (χ1v) is 8.72. The minimum Gasteiger partial charge on any atom is -0.309 e. The molecule has 3 nitrogen and oxygen atoms in total. The summed E-state index contributed by atoms with van der Waals surface area (Å²) in [6.07, 6.45) is -1.53. The van der Waals surface area contributed by atoms with Crippen molar-refractivity contribution in [2.24, 2.45) is 0 Å². The highest BCUT2D eigenvalue weighted by Crippen LogP contribution is 2.36. The zero-order valence-corrected chi connectivity index (χ0v) is 15.8. The van der Waals surface area contributed by atoms with Crippen LogP contribution in [0.25, 0.3) is 11.1 Å². The molecule has 0 saturated carbocycles. The second kappa shape index (κ2) is 7.64. The number of aryl methyl sites for hydroxylation is 1. The summed E-state index contributed by atoms with van der Waals surface area (Å²) in [6, 6.07) is 12.5. The Balaban J connectivity index is 2.04. The minimum atomic E-state index is -4.65. The molecule has 2 aromatic carbocycles. The summed E-state index contributed by atoms with van der Waals surface area (Å²) in [7, 11) is 1.50. The second-order valence-electron chi connectivity index (χ2n) is 6.26. The van der Waals surface area contributed by atoms with E-state index >= 15 is 0 Å². The van der Waals surface area contributed by atoms with Gasteiger partial charge in [-0.2, -0.15) is 13.2 Å². The predicted molar refractivity (Wildman–Crippen MR) is 104 cm³/mol. The van der Waals surface area contributed by atoms with Gasteiger partial charge in [0.1, 0.15) is 0 Å². The lowest BCUT2D eigenvalue weighted by atomic mass is 9.99. The van der Waals surface area contributed by atoms with Crippen LogP contribution in [0.15, 0.2) is 60.9 Å². The number of hydrogen-bond acceptors (Lipinski definition) is 2. The van der Waals surface area contributed by atoms with Gasteiger partial charge in [0.25, 0.3) is 5.91 Å². The van der Waals surface area contributed by atoms with Gasteiger partial charge in [0.2, 0.25) is 0 Å². The van der Waals surface area contributed by atoms with Gasteiger partial charge in [0.15, 0.2) is 0 Å². The SMILES string of the molecule is Cc1ccccc1-c1ccncc1N(C)C(=O)c1ccc(Cl)c(C(F)(F)F)c1. The normalized spacial score (nSPS) is 11.4. The molecule has 0 atom stereocenters. The van der Waals surface area contributed by atoms with Crippen molar-refractivity contribution in [3.63, 3.8) is 0 Å². The fourth-order valence-corrected chi connectivity index (χ4v) is 3.16. The molecule has 0 saturated heterocycles. The Morgan fingerprint density at radius 3 is 2.46 bits per heavy atom. The van der Waals surface area contributed by atoms with Crippen molar-refractivity contribution in [2.45, 2.75) is 13.1 Å². The first-order chi connectivity index (χ1) is 13.2. The van der Waals surface area contributed by atoms with Crippen molar-refractivity contribution < 1.29 is 18.0 Å². The highest BCUT2D eigenvalue weighted by atomic mass is 35.5. The molecule has 0 fully saturated rings. The van der Waals surface area contributed by atoms with Crippen molar-refractivity contribution in [1.29, 1.82) is 0 Å². The van der Waals surface area contributed by atoms with Gasteiger partial charge in [0, 0.05) is 24.4 Å². The molecule has 3 aromatic rings. The third-order valence-electron chi connectivity index (χ3n) is 4.42. The Bertz CT molecular complexity index is 1030. The number of hydrogen-bond donors (Lipinski definition) is 0. The number of carbonyl (C=O) groups excluding carboxylic acids is 1. The molecule has 0 radical (unpaired) electrons. The zero-order chi connectivity index (χ0) is 20.5. The van der Waals surface area contributed by atoms with Crippen LogP contribution < -0.4 is 4.90 Å². The summed E-state index contributed by atoms with van der Waals surface area (Å²) in [5, 5.41) is -0.450. The fourth-order valence-electron chi connectivity index (χ4n) is 2.93. The van der Waals surface area contributed by atoms with E-state index in [2.05, 4.69) is 4.98 Å². The Morgan fingerprint density at radius 2 is 1.79 bits per heavy atom. The number of rotatable bonds is 3. The lowest BCUT2D eigenvalue weighted by molar-refractivity contribution is -0.137. The number of carbonyl (C=O) groups is 1. The molecule has 0 spiro atoms. The van der Waals surface area contributed by atoms with Crippen LogP contribution in [0.3, 0.4) is 0 Å². The summed E-state index contributed by atoms with van der Waals surface area (Å²) in [5.74, 6) is -0.593. The van der Waals surface area contributed by atoms with Crippen LogP contribution in [0.2, 0.25) is 5.02 Å². The molecular formula is C21H16ClF3N2O. The fraction of sp³-hybridized carbons (Fsp3) is 0.143. The zero-order valence-electron chi connectivity index (χ0n) is 15.1. The van der Waals surface area contributed by atoms with Crippen molar-refractivity contribution >= 4 is 23.2 Å². The molecule has 1 heterocycles. The lowest BCUT2D eigenvalue weighted by Crippen LogP contribution is -2.27. The topological polar surface area (TPSA) is 33.2 Å². The maximum absolute atomic E-state index is 13.1. The number of amides is 1. The van der Waals surface area contributed by atoms with E-state index in [-0.39, 0.29) is 5.56 Å². The molecule has 0 aliphatic heterocycles. The maximum Gasteiger partial charge on any atom is 0.417 e. The van der Waals surface area contributed by atoms with Crippen LogP contribution in [0.1, 0.15) is 21.5 Å². The molecule has 0 bridgehead atoms. The first kappa shape index (κ1) is 19.9. The molecule has 0 unspecified atom stereocenters. The van der Waals surface area contributed by atoms with E-state index in [1.54, 1.807) is 12.3 Å². The molecular weight excluding hydrogens is 389 g/mol. The number of anilines is 1. The summed E-state index contributed by atoms with van der Waals surface area (Å²) in [5.41, 5.74) is 2.00. The van der Waals surface area contributed by atoms with Crippen LogP contribution in [-0.2, 0) is 6.18 Å². The number of alkyl halides is 3. The first-order valence-electron chi connectivity index (χ1n) is 8.35. The van der Waals surface area contributed by atoms with E-state index in [4.69, 9.17) is 11.6 Å². The number of aromatic nitrogens is 1. The molecule has 1 amide bonds. The van der Waals surface area contributed by atoms with Crippen molar-refractivity contribution in [2.75, 3.05) is 11.9 Å². The van der Waals surface area contributed by atoms with Crippen LogP contribution >= 0.6 is 11.6 Å². The highest BCUT2D eigenvalue weighted by molar-refractivity contribution is 6.31. The average Bonchev–Trinajstić information content (AvgIpc) is 2.67. The average molecular weight is 405 g/mol. The number of pyridine rings is 1. The largest absolute Gasteiger partial charge is 0.417 e. The lowest BCUT2D eigenvalue weighted by Gasteiger charge is -2.22. The monoisotopic (exact) mass is 404 g/mol. The quantitative estimate of drug-likeness (QED) is 0.536. The number of nitrogens with zero attached hydrogens (tertiary/aromatic N) is 2. The maximum atomic E-state index is 13.1. The molecule has 3 rings (SSSR count). The molecule has 0 aliphatic carbocycles. The Labute approximate surface area is 165 Å². The standard InChI is InChI=1S/C21H16ClF3N2O/c1-13-5-3-4-6-15(13)16-9-10-26-12-19(16)27(2)20(28)14-7-8-18(22)17(11-14)21(23,24)25/h3-12H,1-2H3. The van der Waals surface area contributed by atoms with Crippen molar-refractivity contribution in [3.8, 4) is 11.1 Å². The predicted octanol–water partition coefficient (Wildman–Crippen LogP) is 6.01. The van der Waals surface area contributed by atoms with E-state index in [0.717, 1.165) is 28.8 Å². The number of halogens is 4. The van der Waals surface area contributed by atoms with Crippen LogP contribution in [0.5, 0.6) is 0 Å². The molecule has 0 N–H and O–H groups in total. The Kier molecular flexibility index (Phi) is 5.42. The van der Waals surface area contributed by atoms with Gasteiger partial charge >= 0.3 is 6.18 Å². The highest BCUT2D eigenvalue weighted by Gasteiger charge is 2.34. The Hall–Kier alpha value is -2.86. The smallest absolute Gasteiger partial charge is 0.309 e. The van der Waals surface area contributed by atoms with Crippen LogP contribution in [0, 0.1) is 6.92 Å². The van der Waals surface area contributed by atoms with E-state index in [1.165, 1.54) is 24.2 Å². The summed E-state index contributed by atoms with van der Waals surface area (Å²) in [6.45, 7) is 1.94. The number of benzene rings is 2. The van der Waals surface area contributed by atoms with Gasteiger partial charge in [-0.15, -0.1) is 0 Å². The van der Waals surface area contributed by atoms with Crippen molar-refractivity contribution in [3.05, 3.63) is 82.6 Å². The molecule has 1 aromatic heterocycles. The van der Waals surface area contributed by atoms with Gasteiger partial charge < -0.3 is 4.90 Å². The van der Waals surface area contributed by atoms with Gasteiger partial charge in [0.05, 0.1) is 22.5 Å². The molecule has 28 heavy (non-hydrogen) atoms. The van der Waals surface area contributed by atoms with Gasteiger partial charge in [-0.1, -0.05) is 35.9 Å². The molecule has 0 aliphatic rings. The third-order valence-corrected chi connectivity index (χ3v) is 4.75. The third kappa shape index (κ3) is 3.87. The van der Waals surface area contributed by atoms with Gasteiger partial charge in [-0.05, 0) is 42.3 Å². The van der Waals surface area contributed by atoms with E-state index in [1.807, 2.05) is 31.2 Å². The summed E-state index contributed by atoms with van der Waals surface area (Å²) in [4.78, 5) is 18.3. The Morgan fingerprint density at radius 1 is 1.07 bits per heavy atom. The van der Waals surface area contributed by atoms with Crippen molar-refractivity contribution in [1.82, 2.24) is 4.98 Å². The second-order valence-corrected chi connectivity index (χ2v) is 6.67. The minimum absolute atomic E-state index is 0.112. The van der Waals surface area contributed by atoms with E-state index in [0.29, 0.717) is 5.69 Å².